The molecular formula is C14H16ClN3O2S. The van der Waals surface area contributed by atoms with Gasteiger partial charge in [0, 0.05) is 17.5 Å². The Morgan fingerprint density at radius 1 is 1.43 bits per heavy atom. The zero-order chi connectivity index (χ0) is 15.4. The molecule has 21 heavy (non-hydrogen) atoms. The van der Waals surface area contributed by atoms with Gasteiger partial charge in [0.25, 0.3) is 11.5 Å². The van der Waals surface area contributed by atoms with Crippen molar-refractivity contribution in [1.29, 1.82) is 0 Å². The van der Waals surface area contributed by atoms with Crippen molar-refractivity contribution in [2.75, 3.05) is 0 Å². The summed E-state index contributed by atoms with van der Waals surface area (Å²) >= 11 is 7.31. The smallest absolute Gasteiger partial charge is 0.272 e. The van der Waals surface area contributed by atoms with Crippen LogP contribution in [0, 0.1) is 0 Å². The molecule has 1 atom stereocenters. The summed E-state index contributed by atoms with van der Waals surface area (Å²) in [6.45, 7) is 4.32. The van der Waals surface area contributed by atoms with Gasteiger partial charge in [0.05, 0.1) is 10.4 Å². The number of rotatable bonds is 5. The van der Waals surface area contributed by atoms with E-state index >= 15 is 0 Å². The highest BCUT2D eigenvalue weighted by molar-refractivity contribution is 7.16. The van der Waals surface area contributed by atoms with Gasteiger partial charge in [-0.25, -0.2) is 4.68 Å². The van der Waals surface area contributed by atoms with E-state index in [-0.39, 0.29) is 23.2 Å². The van der Waals surface area contributed by atoms with Gasteiger partial charge in [-0.15, -0.1) is 11.3 Å². The van der Waals surface area contributed by atoms with Crippen molar-refractivity contribution < 1.29 is 4.79 Å². The summed E-state index contributed by atoms with van der Waals surface area (Å²) in [5.74, 6) is -0.308. The van der Waals surface area contributed by atoms with Gasteiger partial charge in [0.2, 0.25) is 0 Å². The van der Waals surface area contributed by atoms with Crippen molar-refractivity contribution in [2.45, 2.75) is 32.9 Å². The van der Waals surface area contributed by atoms with E-state index in [4.69, 9.17) is 11.6 Å². The fourth-order valence-corrected chi connectivity index (χ4v) is 2.91. The van der Waals surface area contributed by atoms with Crippen LogP contribution in [-0.4, -0.2) is 15.7 Å². The van der Waals surface area contributed by atoms with Crippen LogP contribution in [0.2, 0.25) is 4.34 Å². The van der Waals surface area contributed by atoms with Gasteiger partial charge in [-0.05, 0) is 31.5 Å². The van der Waals surface area contributed by atoms with Crippen LogP contribution in [0.3, 0.4) is 0 Å². The van der Waals surface area contributed by atoms with E-state index in [1.807, 2.05) is 19.9 Å². The minimum absolute atomic E-state index is 0.164. The Balaban J connectivity index is 2.13. The Hall–Kier alpha value is -1.66. The van der Waals surface area contributed by atoms with Crippen LogP contribution in [0.5, 0.6) is 0 Å². The summed E-state index contributed by atoms with van der Waals surface area (Å²) in [6.07, 6.45) is 0.780. The second kappa shape index (κ2) is 6.87. The van der Waals surface area contributed by atoms with Gasteiger partial charge in [0.15, 0.2) is 0 Å². The Morgan fingerprint density at radius 2 is 2.19 bits per heavy atom. The molecule has 0 bridgehead atoms. The lowest BCUT2D eigenvalue weighted by molar-refractivity contribution is 0.0932. The minimum Gasteiger partial charge on any atom is -0.343 e. The molecule has 112 valence electrons. The lowest BCUT2D eigenvalue weighted by Gasteiger charge is -2.12. The topological polar surface area (TPSA) is 64.0 Å². The number of carbonyl (C=O) groups is 1. The highest BCUT2D eigenvalue weighted by Crippen LogP contribution is 2.26. The normalized spacial score (nSPS) is 12.1. The molecule has 0 saturated heterocycles. The average Bonchev–Trinajstić information content (AvgIpc) is 2.88. The third-order valence-corrected chi connectivity index (χ3v) is 4.32. The van der Waals surface area contributed by atoms with Crippen LogP contribution >= 0.6 is 22.9 Å². The van der Waals surface area contributed by atoms with Crippen molar-refractivity contribution in [2.24, 2.45) is 0 Å². The molecule has 0 aliphatic rings. The molecule has 0 unspecified atom stereocenters. The van der Waals surface area contributed by atoms with Crippen molar-refractivity contribution in [3.8, 4) is 0 Å². The number of halogens is 1. The standard InChI is InChI=1S/C14H16ClN3O2S/c1-3-8-18-13(19)7-4-10(17-18)14(20)16-9(2)11-5-6-12(15)21-11/h4-7,9H,3,8H2,1-2H3,(H,16,20)/t9-/m0/s1. The van der Waals surface area contributed by atoms with Crippen LogP contribution < -0.4 is 10.9 Å². The van der Waals surface area contributed by atoms with Crippen LogP contribution in [-0.2, 0) is 6.54 Å². The lowest BCUT2D eigenvalue weighted by Crippen LogP contribution is -2.30. The van der Waals surface area contributed by atoms with Gasteiger partial charge >= 0.3 is 0 Å². The summed E-state index contributed by atoms with van der Waals surface area (Å²) in [4.78, 5) is 24.7. The summed E-state index contributed by atoms with van der Waals surface area (Å²) in [7, 11) is 0. The monoisotopic (exact) mass is 325 g/mol. The molecule has 2 aromatic rings. The molecule has 0 radical (unpaired) electrons. The first kappa shape index (κ1) is 15.7. The predicted molar refractivity (Wildman–Crippen MR) is 84.0 cm³/mol. The SMILES string of the molecule is CCCn1nc(C(=O)N[C@@H](C)c2ccc(Cl)s2)ccc1=O. The molecule has 5 nitrogen and oxygen atoms in total. The van der Waals surface area contributed by atoms with Gasteiger partial charge in [0.1, 0.15) is 5.69 Å². The van der Waals surface area contributed by atoms with E-state index in [1.54, 1.807) is 6.07 Å². The van der Waals surface area contributed by atoms with E-state index in [2.05, 4.69) is 10.4 Å². The summed E-state index contributed by atoms with van der Waals surface area (Å²) in [5.41, 5.74) is 0.0315. The van der Waals surface area contributed by atoms with Gasteiger partial charge in [-0.3, -0.25) is 9.59 Å². The molecule has 0 aliphatic heterocycles. The highest BCUT2D eigenvalue weighted by Gasteiger charge is 2.15. The predicted octanol–water partition coefficient (Wildman–Crippen LogP) is 2.86. The maximum absolute atomic E-state index is 12.2. The van der Waals surface area contributed by atoms with Gasteiger partial charge in [-0.1, -0.05) is 18.5 Å². The molecular weight excluding hydrogens is 310 g/mol. The van der Waals surface area contributed by atoms with Crippen LogP contribution in [0.15, 0.2) is 29.1 Å². The van der Waals surface area contributed by atoms with E-state index in [9.17, 15) is 9.59 Å². The summed E-state index contributed by atoms with van der Waals surface area (Å²) < 4.78 is 1.99. The molecule has 0 aromatic carbocycles. The first-order valence-corrected chi connectivity index (χ1v) is 7.85. The molecule has 0 aliphatic carbocycles. The molecule has 2 rings (SSSR count). The third kappa shape index (κ3) is 3.92. The number of nitrogens with one attached hydrogen (secondary N) is 1. The molecule has 7 heteroatoms. The molecule has 1 amide bonds. The Kier molecular flexibility index (Phi) is 5.14. The van der Waals surface area contributed by atoms with Gasteiger partial charge in [-0.2, -0.15) is 5.10 Å². The summed E-state index contributed by atoms with van der Waals surface area (Å²) in [5, 5.41) is 6.93. The second-order valence-electron chi connectivity index (χ2n) is 4.62. The number of hydrogen-bond donors (Lipinski definition) is 1. The zero-order valence-electron chi connectivity index (χ0n) is 11.8. The van der Waals surface area contributed by atoms with E-state index in [0.717, 1.165) is 11.3 Å². The third-order valence-electron chi connectivity index (χ3n) is 2.90. The average molecular weight is 326 g/mol. The molecule has 0 fully saturated rings. The Bertz CT molecular complexity index is 696. The lowest BCUT2D eigenvalue weighted by atomic mass is 10.2. The van der Waals surface area contributed by atoms with Crippen molar-refractivity contribution >= 4 is 28.8 Å². The van der Waals surface area contributed by atoms with Gasteiger partial charge < -0.3 is 5.32 Å². The first-order chi connectivity index (χ1) is 10.0. The number of nitrogens with zero attached hydrogens (tertiary/aromatic N) is 2. The summed E-state index contributed by atoms with van der Waals surface area (Å²) in [6, 6.07) is 6.32. The molecule has 2 aromatic heterocycles. The molecule has 0 saturated carbocycles. The van der Waals surface area contributed by atoms with Crippen molar-refractivity contribution in [3.63, 3.8) is 0 Å². The van der Waals surface area contributed by atoms with E-state index < -0.39 is 0 Å². The number of aromatic nitrogens is 2. The molecule has 1 N–H and O–H groups in total. The second-order valence-corrected chi connectivity index (χ2v) is 6.36. The first-order valence-electron chi connectivity index (χ1n) is 6.65. The minimum atomic E-state index is -0.308. The number of carbonyl (C=O) groups excluding carboxylic acids is 1. The fraction of sp³-hybridized carbons (Fsp3) is 0.357. The van der Waals surface area contributed by atoms with Crippen molar-refractivity contribution in [3.05, 3.63) is 49.5 Å². The fourth-order valence-electron chi connectivity index (χ4n) is 1.84. The number of aryl methyl sites for hydroxylation is 1. The molecule has 2 heterocycles. The largest absolute Gasteiger partial charge is 0.343 e. The van der Waals surface area contributed by atoms with Crippen LogP contribution in [0.1, 0.15) is 41.7 Å². The number of thiophene rings is 1. The number of amides is 1. The highest BCUT2D eigenvalue weighted by atomic mass is 35.5. The molecule has 0 spiro atoms. The van der Waals surface area contributed by atoms with Crippen molar-refractivity contribution in [1.82, 2.24) is 15.1 Å². The van der Waals surface area contributed by atoms with Crippen LogP contribution in [0.25, 0.3) is 0 Å². The Labute approximate surface area is 131 Å². The Morgan fingerprint density at radius 3 is 2.81 bits per heavy atom. The zero-order valence-corrected chi connectivity index (χ0v) is 13.4. The number of hydrogen-bond acceptors (Lipinski definition) is 4. The van der Waals surface area contributed by atoms with E-state index in [0.29, 0.717) is 10.9 Å². The van der Waals surface area contributed by atoms with Crippen LogP contribution in [0.4, 0.5) is 0 Å². The quantitative estimate of drug-likeness (QED) is 0.919. The maximum Gasteiger partial charge on any atom is 0.272 e. The van der Waals surface area contributed by atoms with E-state index in [1.165, 1.54) is 28.2 Å². The maximum atomic E-state index is 12.2.